The van der Waals surface area contributed by atoms with Gasteiger partial charge in [-0.1, -0.05) is 0 Å². The zero-order chi connectivity index (χ0) is 9.19. The zero-order valence-corrected chi connectivity index (χ0v) is 6.05. The molecule has 0 aliphatic heterocycles. The Morgan fingerprint density at radius 1 is 1.89 bits per heavy atom. The van der Waals surface area contributed by atoms with Gasteiger partial charge in [-0.05, 0) is 22.0 Å². The number of aromatic nitrogens is 1. The summed E-state index contributed by atoms with van der Waals surface area (Å²) in [5.74, 6) is 0.275. The van der Waals surface area contributed by atoms with Crippen molar-refractivity contribution in [1.29, 1.82) is 0 Å². The number of hydrogen-bond acceptors (Lipinski definition) is 2. The van der Waals surface area contributed by atoms with Crippen molar-refractivity contribution in [2.24, 2.45) is 0 Å². The molecule has 0 aromatic carbocycles. The fourth-order valence-corrected chi connectivity index (χ4v) is 0.792. The molecule has 0 N–H and O–H groups in total. The van der Waals surface area contributed by atoms with Crippen molar-refractivity contribution in [1.82, 2.24) is 4.98 Å². The maximum atomic E-state index is 6.82. The van der Waals surface area contributed by atoms with Crippen LogP contribution in [-0.4, -0.2) is 12.0 Å². The average molecular weight is 191 g/mol. The summed E-state index contributed by atoms with van der Waals surface area (Å²) in [6, 6.07) is 2.98. The number of pyridine rings is 1. The number of hydrogen-bond donors (Lipinski definition) is 0. The van der Waals surface area contributed by atoms with Gasteiger partial charge in [-0.15, -0.1) is 0 Å². The van der Waals surface area contributed by atoms with Crippen LogP contribution in [0, 0.1) is 0 Å². The first-order valence-corrected chi connectivity index (χ1v) is 3.07. The van der Waals surface area contributed by atoms with Gasteiger partial charge in [0.1, 0.15) is 10.4 Å². The summed E-state index contributed by atoms with van der Waals surface area (Å²) in [7, 11) is -2.40. The van der Waals surface area contributed by atoms with Crippen LogP contribution >= 0.6 is 15.9 Å². The minimum absolute atomic E-state index is 0.275. The van der Waals surface area contributed by atoms with Gasteiger partial charge in [0, 0.05) is 12.3 Å². The maximum Gasteiger partial charge on any atom is 0.123 e. The molecule has 0 spiro atoms. The van der Waals surface area contributed by atoms with E-state index in [9.17, 15) is 0 Å². The molecule has 0 fully saturated rings. The standard InChI is InChI=1S/C6H6BrNO/c1-9-5-2-3-8-6(7)4-5/h2-4H,1H3/i1D3. The molecule has 0 atom stereocenters. The maximum absolute atomic E-state index is 6.82. The Labute approximate surface area is 66.2 Å². The van der Waals surface area contributed by atoms with Gasteiger partial charge in [0.2, 0.25) is 0 Å². The highest BCUT2D eigenvalue weighted by molar-refractivity contribution is 9.10. The van der Waals surface area contributed by atoms with E-state index < -0.39 is 7.04 Å². The summed E-state index contributed by atoms with van der Waals surface area (Å²) in [6.07, 6.45) is 1.46. The molecule has 1 rings (SSSR count). The highest BCUT2D eigenvalue weighted by Gasteiger charge is 1.89. The van der Waals surface area contributed by atoms with Crippen LogP contribution in [0.25, 0.3) is 0 Å². The van der Waals surface area contributed by atoms with E-state index in [1.54, 1.807) is 0 Å². The van der Waals surface area contributed by atoms with Gasteiger partial charge in [0.15, 0.2) is 0 Å². The summed E-state index contributed by atoms with van der Waals surface area (Å²) in [4.78, 5) is 3.82. The van der Waals surface area contributed by atoms with E-state index in [2.05, 4.69) is 25.7 Å². The lowest BCUT2D eigenvalue weighted by Crippen LogP contribution is -1.82. The SMILES string of the molecule is [2H]C([2H])([2H])Oc1ccnc(Br)c1. The molecule has 9 heavy (non-hydrogen) atoms. The highest BCUT2D eigenvalue weighted by Crippen LogP contribution is 2.13. The Morgan fingerprint density at radius 2 is 2.78 bits per heavy atom. The molecule has 0 saturated heterocycles. The van der Waals surface area contributed by atoms with Gasteiger partial charge in [0.25, 0.3) is 0 Å². The zero-order valence-electron chi connectivity index (χ0n) is 7.47. The van der Waals surface area contributed by atoms with E-state index in [-0.39, 0.29) is 5.75 Å². The number of halogens is 1. The van der Waals surface area contributed by atoms with Gasteiger partial charge in [0.05, 0.1) is 11.2 Å². The third kappa shape index (κ3) is 1.68. The quantitative estimate of drug-likeness (QED) is 0.632. The third-order valence-corrected chi connectivity index (χ3v) is 1.25. The van der Waals surface area contributed by atoms with Crippen molar-refractivity contribution in [3.63, 3.8) is 0 Å². The number of ether oxygens (including phenoxy) is 1. The molecule has 0 aliphatic carbocycles. The van der Waals surface area contributed by atoms with Crippen molar-refractivity contribution in [2.45, 2.75) is 0 Å². The molecule has 0 amide bonds. The fraction of sp³-hybridized carbons (Fsp3) is 0.167. The van der Waals surface area contributed by atoms with E-state index in [1.807, 2.05) is 0 Å². The van der Waals surface area contributed by atoms with E-state index in [1.165, 1.54) is 18.3 Å². The van der Waals surface area contributed by atoms with Crippen LogP contribution in [0.2, 0.25) is 0 Å². The first-order valence-electron chi connectivity index (χ1n) is 3.78. The Balaban J connectivity index is 2.77. The summed E-state index contributed by atoms with van der Waals surface area (Å²) in [5.41, 5.74) is 0. The van der Waals surface area contributed by atoms with Gasteiger partial charge in [-0.2, -0.15) is 0 Å². The lowest BCUT2D eigenvalue weighted by Gasteiger charge is -1.96. The molecular formula is C6H6BrNO. The first-order chi connectivity index (χ1) is 5.47. The number of methoxy groups -OCH3 is 1. The van der Waals surface area contributed by atoms with Crippen LogP contribution in [0.3, 0.4) is 0 Å². The summed E-state index contributed by atoms with van der Waals surface area (Å²) >= 11 is 3.09. The molecule has 0 bridgehead atoms. The molecule has 0 saturated carbocycles. The fourth-order valence-electron chi connectivity index (χ4n) is 0.448. The second kappa shape index (κ2) is 2.82. The van der Waals surface area contributed by atoms with Gasteiger partial charge >= 0.3 is 0 Å². The topological polar surface area (TPSA) is 22.1 Å². The van der Waals surface area contributed by atoms with E-state index in [0.29, 0.717) is 4.60 Å². The molecule has 1 heterocycles. The summed E-state index contributed by atoms with van der Waals surface area (Å²) < 4.78 is 25.6. The Kier molecular flexibility index (Phi) is 1.12. The average Bonchev–Trinajstić information content (AvgIpc) is 1.82. The monoisotopic (exact) mass is 190 g/mol. The number of nitrogens with zero attached hydrogens (tertiary/aromatic N) is 1. The van der Waals surface area contributed by atoms with Crippen LogP contribution in [-0.2, 0) is 0 Å². The lowest BCUT2D eigenvalue weighted by molar-refractivity contribution is 0.414. The summed E-state index contributed by atoms with van der Waals surface area (Å²) in [5, 5.41) is 0. The van der Waals surface area contributed by atoms with Gasteiger partial charge in [-0.25, -0.2) is 4.98 Å². The van der Waals surface area contributed by atoms with Crippen molar-refractivity contribution < 1.29 is 8.85 Å². The summed E-state index contributed by atoms with van der Waals surface area (Å²) in [6.45, 7) is 0. The highest BCUT2D eigenvalue weighted by atomic mass is 79.9. The van der Waals surface area contributed by atoms with Crippen LogP contribution in [0.1, 0.15) is 4.11 Å². The molecule has 48 valence electrons. The Bertz CT molecular complexity index is 276. The second-order valence-electron chi connectivity index (χ2n) is 1.42. The van der Waals surface area contributed by atoms with E-state index >= 15 is 0 Å². The van der Waals surface area contributed by atoms with Crippen LogP contribution in [0.5, 0.6) is 5.75 Å². The van der Waals surface area contributed by atoms with Gasteiger partial charge < -0.3 is 4.74 Å². The normalized spacial score (nSPS) is 15.4. The Morgan fingerprint density at radius 3 is 3.44 bits per heavy atom. The molecule has 0 radical (unpaired) electrons. The number of rotatable bonds is 1. The van der Waals surface area contributed by atoms with Crippen molar-refractivity contribution in [3.05, 3.63) is 22.9 Å². The smallest absolute Gasteiger partial charge is 0.123 e. The molecular weight excluding hydrogens is 182 g/mol. The second-order valence-corrected chi connectivity index (χ2v) is 2.23. The molecule has 0 unspecified atom stereocenters. The van der Waals surface area contributed by atoms with Crippen molar-refractivity contribution in [3.8, 4) is 5.75 Å². The predicted molar refractivity (Wildman–Crippen MR) is 38.5 cm³/mol. The van der Waals surface area contributed by atoms with Crippen LogP contribution in [0.15, 0.2) is 22.9 Å². The van der Waals surface area contributed by atoms with E-state index in [4.69, 9.17) is 4.11 Å². The minimum atomic E-state index is -2.40. The Hall–Kier alpha value is -0.570. The molecule has 1 aromatic rings. The van der Waals surface area contributed by atoms with E-state index in [0.717, 1.165) is 0 Å². The lowest BCUT2D eigenvalue weighted by atomic mass is 10.5. The van der Waals surface area contributed by atoms with Gasteiger partial charge in [-0.3, -0.25) is 0 Å². The molecule has 1 aromatic heterocycles. The van der Waals surface area contributed by atoms with Crippen LogP contribution in [0.4, 0.5) is 0 Å². The molecule has 0 aliphatic rings. The van der Waals surface area contributed by atoms with Crippen LogP contribution < -0.4 is 4.74 Å². The van der Waals surface area contributed by atoms with Crippen molar-refractivity contribution in [2.75, 3.05) is 7.04 Å². The third-order valence-electron chi connectivity index (χ3n) is 0.816. The van der Waals surface area contributed by atoms with Crippen molar-refractivity contribution >= 4 is 15.9 Å². The predicted octanol–water partition coefficient (Wildman–Crippen LogP) is 1.85. The first kappa shape index (κ1) is 3.56. The molecule has 3 heteroatoms. The molecule has 2 nitrogen and oxygen atoms in total. The largest absolute Gasteiger partial charge is 0.497 e. The minimum Gasteiger partial charge on any atom is -0.497 e.